The molecule has 0 spiro atoms. The van der Waals surface area contributed by atoms with Gasteiger partial charge in [-0.15, -0.1) is 10.2 Å². The number of carbonyl (C=O) groups excluding carboxylic acids is 1. The van der Waals surface area contributed by atoms with Gasteiger partial charge in [0, 0.05) is 5.56 Å². The maximum Gasteiger partial charge on any atom is 0.233 e. The molecule has 146 valence electrons. The van der Waals surface area contributed by atoms with Gasteiger partial charge in [0.25, 0.3) is 0 Å². The van der Waals surface area contributed by atoms with Gasteiger partial charge in [0.1, 0.15) is 11.6 Å². The standard InChI is InChI=1S/C19H19F2N5OS/c1-11(13-3-7-15(20)8-4-13)23-18(27)12(2)28-19-25-24-17(26(19)22)14-5-9-16(21)10-6-14/h3-12H,22H2,1-2H3,(H,23,27). The monoisotopic (exact) mass is 403 g/mol. The first-order chi connectivity index (χ1) is 13.3. The number of hydrogen-bond donors (Lipinski definition) is 2. The second-order valence-corrected chi connectivity index (χ2v) is 7.53. The average Bonchev–Trinajstić information content (AvgIpc) is 3.03. The van der Waals surface area contributed by atoms with Crippen molar-refractivity contribution in [3.05, 3.63) is 65.7 Å². The fourth-order valence-electron chi connectivity index (χ4n) is 2.53. The van der Waals surface area contributed by atoms with Crippen molar-refractivity contribution in [2.45, 2.75) is 30.3 Å². The summed E-state index contributed by atoms with van der Waals surface area (Å²) < 4.78 is 27.4. The molecule has 1 heterocycles. The number of nitrogen functional groups attached to an aromatic ring is 1. The van der Waals surface area contributed by atoms with Crippen molar-refractivity contribution >= 4 is 17.7 Å². The van der Waals surface area contributed by atoms with Crippen LogP contribution in [0.5, 0.6) is 0 Å². The maximum atomic E-state index is 13.1. The molecule has 0 saturated carbocycles. The zero-order valence-electron chi connectivity index (χ0n) is 15.3. The Morgan fingerprint density at radius 1 is 1.04 bits per heavy atom. The molecule has 0 bridgehead atoms. The van der Waals surface area contributed by atoms with Gasteiger partial charge in [-0.25, -0.2) is 13.5 Å². The van der Waals surface area contributed by atoms with Gasteiger partial charge in [0.05, 0.1) is 11.3 Å². The SMILES string of the molecule is CC(Sc1nnc(-c2ccc(F)cc2)n1N)C(=O)NC(C)c1ccc(F)cc1. The zero-order valence-corrected chi connectivity index (χ0v) is 16.1. The minimum absolute atomic E-state index is 0.215. The molecule has 9 heteroatoms. The number of rotatable bonds is 6. The van der Waals surface area contributed by atoms with Crippen molar-refractivity contribution in [1.29, 1.82) is 0 Å². The molecule has 28 heavy (non-hydrogen) atoms. The van der Waals surface area contributed by atoms with Crippen molar-refractivity contribution in [3.63, 3.8) is 0 Å². The highest BCUT2D eigenvalue weighted by atomic mass is 32.2. The fraction of sp³-hybridized carbons (Fsp3) is 0.211. The Kier molecular flexibility index (Phi) is 5.93. The highest BCUT2D eigenvalue weighted by molar-refractivity contribution is 8.00. The van der Waals surface area contributed by atoms with E-state index in [1.807, 2.05) is 6.92 Å². The second kappa shape index (κ2) is 8.39. The minimum Gasteiger partial charge on any atom is -0.349 e. The van der Waals surface area contributed by atoms with Gasteiger partial charge >= 0.3 is 0 Å². The van der Waals surface area contributed by atoms with Crippen LogP contribution in [0.25, 0.3) is 11.4 Å². The number of aromatic nitrogens is 3. The Morgan fingerprint density at radius 2 is 1.61 bits per heavy atom. The Morgan fingerprint density at radius 3 is 2.21 bits per heavy atom. The van der Waals surface area contributed by atoms with Gasteiger partial charge in [0.15, 0.2) is 5.82 Å². The predicted molar refractivity (Wildman–Crippen MR) is 104 cm³/mol. The molecule has 6 nitrogen and oxygen atoms in total. The van der Waals surface area contributed by atoms with E-state index in [1.54, 1.807) is 31.2 Å². The first-order valence-corrected chi connectivity index (χ1v) is 9.42. The normalized spacial score (nSPS) is 13.1. The van der Waals surface area contributed by atoms with Crippen LogP contribution in [0.3, 0.4) is 0 Å². The van der Waals surface area contributed by atoms with E-state index in [1.165, 1.54) is 28.9 Å². The smallest absolute Gasteiger partial charge is 0.233 e. The lowest BCUT2D eigenvalue weighted by molar-refractivity contribution is -0.120. The van der Waals surface area contributed by atoms with E-state index in [-0.39, 0.29) is 23.6 Å². The van der Waals surface area contributed by atoms with Crippen molar-refractivity contribution in [1.82, 2.24) is 20.2 Å². The molecule has 0 saturated heterocycles. The summed E-state index contributed by atoms with van der Waals surface area (Å²) in [6, 6.07) is 11.4. The second-order valence-electron chi connectivity index (χ2n) is 6.22. The summed E-state index contributed by atoms with van der Waals surface area (Å²) in [5, 5.41) is 10.8. The van der Waals surface area contributed by atoms with Gasteiger partial charge in [-0.1, -0.05) is 23.9 Å². The Bertz CT molecular complexity index is 959. The predicted octanol–water partition coefficient (Wildman–Crippen LogP) is 3.30. The van der Waals surface area contributed by atoms with Gasteiger partial charge < -0.3 is 11.2 Å². The van der Waals surface area contributed by atoms with E-state index in [0.717, 1.165) is 17.3 Å². The third kappa shape index (κ3) is 4.48. The highest BCUT2D eigenvalue weighted by Gasteiger charge is 2.21. The van der Waals surface area contributed by atoms with Crippen LogP contribution in [0.2, 0.25) is 0 Å². The molecular weight excluding hydrogens is 384 g/mol. The molecule has 0 radical (unpaired) electrons. The van der Waals surface area contributed by atoms with E-state index in [9.17, 15) is 13.6 Å². The molecule has 2 aromatic carbocycles. The van der Waals surface area contributed by atoms with Crippen LogP contribution < -0.4 is 11.2 Å². The summed E-state index contributed by atoms with van der Waals surface area (Å²) >= 11 is 1.15. The molecule has 0 aliphatic heterocycles. The van der Waals surface area contributed by atoms with E-state index in [4.69, 9.17) is 5.84 Å². The van der Waals surface area contributed by atoms with Crippen LogP contribution in [0, 0.1) is 11.6 Å². The van der Waals surface area contributed by atoms with E-state index in [0.29, 0.717) is 16.5 Å². The summed E-state index contributed by atoms with van der Waals surface area (Å²) in [6.07, 6.45) is 0. The molecule has 1 amide bonds. The van der Waals surface area contributed by atoms with Gasteiger partial charge in [0.2, 0.25) is 11.1 Å². The average molecular weight is 403 g/mol. The van der Waals surface area contributed by atoms with Crippen LogP contribution in [0.15, 0.2) is 53.7 Å². The Labute approximate surface area is 165 Å². The quantitative estimate of drug-likeness (QED) is 0.487. The summed E-state index contributed by atoms with van der Waals surface area (Å²) in [5.74, 6) is 5.51. The minimum atomic E-state index is -0.490. The lowest BCUT2D eigenvalue weighted by Crippen LogP contribution is -2.33. The summed E-state index contributed by atoms with van der Waals surface area (Å²) in [4.78, 5) is 12.5. The number of thioether (sulfide) groups is 1. The molecular formula is C19H19F2N5OS. The molecule has 2 atom stereocenters. The van der Waals surface area contributed by atoms with Crippen LogP contribution in [0.4, 0.5) is 8.78 Å². The third-order valence-electron chi connectivity index (χ3n) is 4.15. The highest BCUT2D eigenvalue weighted by Crippen LogP contribution is 2.25. The summed E-state index contributed by atoms with van der Waals surface area (Å²) in [6.45, 7) is 3.55. The van der Waals surface area contributed by atoms with Crippen molar-refractivity contribution < 1.29 is 13.6 Å². The van der Waals surface area contributed by atoms with Crippen LogP contribution >= 0.6 is 11.8 Å². The number of nitrogens with one attached hydrogen (secondary N) is 1. The van der Waals surface area contributed by atoms with Crippen LogP contribution in [0.1, 0.15) is 25.5 Å². The Hall–Kier alpha value is -2.94. The largest absolute Gasteiger partial charge is 0.349 e. The topological polar surface area (TPSA) is 85.8 Å². The lowest BCUT2D eigenvalue weighted by Gasteiger charge is -2.17. The van der Waals surface area contributed by atoms with E-state index >= 15 is 0 Å². The Balaban J connectivity index is 1.65. The molecule has 3 aromatic rings. The number of hydrogen-bond acceptors (Lipinski definition) is 5. The number of amides is 1. The molecule has 0 aliphatic rings. The first-order valence-electron chi connectivity index (χ1n) is 8.54. The first kappa shape index (κ1) is 19.8. The number of benzene rings is 2. The van der Waals surface area contributed by atoms with Gasteiger partial charge in [-0.3, -0.25) is 4.79 Å². The molecule has 0 aliphatic carbocycles. The van der Waals surface area contributed by atoms with Crippen molar-refractivity contribution in [3.8, 4) is 11.4 Å². The van der Waals surface area contributed by atoms with Gasteiger partial charge in [-0.2, -0.15) is 0 Å². The van der Waals surface area contributed by atoms with Crippen LogP contribution in [-0.4, -0.2) is 26.0 Å². The summed E-state index contributed by atoms with van der Waals surface area (Å²) in [5.41, 5.74) is 1.41. The third-order valence-corrected chi connectivity index (χ3v) is 5.20. The maximum absolute atomic E-state index is 13.1. The lowest BCUT2D eigenvalue weighted by atomic mass is 10.1. The van der Waals surface area contributed by atoms with E-state index in [2.05, 4.69) is 15.5 Å². The zero-order chi connectivity index (χ0) is 20.3. The van der Waals surface area contributed by atoms with Crippen molar-refractivity contribution in [2.75, 3.05) is 5.84 Å². The molecule has 3 N–H and O–H groups in total. The van der Waals surface area contributed by atoms with E-state index < -0.39 is 5.25 Å². The molecule has 2 unspecified atom stereocenters. The summed E-state index contributed by atoms with van der Waals surface area (Å²) in [7, 11) is 0. The van der Waals surface area contributed by atoms with Crippen molar-refractivity contribution in [2.24, 2.45) is 0 Å². The number of nitrogens with zero attached hydrogens (tertiary/aromatic N) is 3. The molecule has 3 rings (SSSR count). The molecule has 1 aromatic heterocycles. The molecule has 0 fully saturated rings. The van der Waals surface area contributed by atoms with Crippen LogP contribution in [-0.2, 0) is 4.79 Å². The fourth-order valence-corrected chi connectivity index (χ4v) is 3.31. The number of halogens is 2. The number of carbonyl (C=O) groups is 1. The van der Waals surface area contributed by atoms with Gasteiger partial charge in [-0.05, 0) is 55.8 Å². The number of nitrogens with two attached hydrogens (primary N) is 1.